The van der Waals surface area contributed by atoms with Crippen molar-refractivity contribution < 1.29 is 33.0 Å². The minimum Gasteiger partial charge on any atom is -0.453 e. The van der Waals surface area contributed by atoms with E-state index in [-0.39, 0.29) is 13.2 Å². The molecule has 1 aromatic rings. The van der Waals surface area contributed by atoms with Crippen molar-refractivity contribution in [2.24, 2.45) is 11.8 Å². The minimum absolute atomic E-state index is 0.0604. The Morgan fingerprint density at radius 3 is 2.11 bits per heavy atom. The fraction of sp³-hybridized carbons (Fsp3) is 0.636. The van der Waals surface area contributed by atoms with E-state index in [1.165, 1.54) is 38.5 Å². The Balaban J connectivity index is -0.000000245. The highest BCUT2D eigenvalue weighted by Gasteiger charge is 2.17. The molecule has 2 fully saturated rings. The Labute approximate surface area is 265 Å². The fourth-order valence-electron chi connectivity index (χ4n) is 3.89. The number of hydrogen-bond acceptors (Lipinski definition) is 7. The van der Waals surface area contributed by atoms with Crippen molar-refractivity contribution in [3.63, 3.8) is 0 Å². The number of carbonyl (C=O) groups excluding carboxylic acids is 2. The van der Waals surface area contributed by atoms with Gasteiger partial charge in [0.1, 0.15) is 11.6 Å². The second-order valence-corrected chi connectivity index (χ2v) is 9.39. The number of aliphatic hydroxyl groups is 1. The fourth-order valence-corrected chi connectivity index (χ4v) is 3.89. The molecule has 0 aromatic heterocycles. The molecule has 9 nitrogen and oxygen atoms in total. The minimum atomic E-state index is -0.515. The lowest BCUT2D eigenvalue weighted by Crippen LogP contribution is -2.33. The summed E-state index contributed by atoms with van der Waals surface area (Å²) in [5.41, 5.74) is 0.776. The summed E-state index contributed by atoms with van der Waals surface area (Å²) in [6, 6.07) is 3.81. The van der Waals surface area contributed by atoms with Crippen molar-refractivity contribution in [2.75, 3.05) is 73.7 Å². The first-order valence-corrected chi connectivity index (χ1v) is 14.9. The largest absolute Gasteiger partial charge is 0.453 e. The first-order valence-electron chi connectivity index (χ1n) is 14.9. The van der Waals surface area contributed by atoms with Crippen molar-refractivity contribution in [1.29, 1.82) is 0 Å². The number of nitrogens with zero attached hydrogens (tertiary/aromatic N) is 1. The van der Waals surface area contributed by atoms with Crippen molar-refractivity contribution >= 4 is 12.5 Å². The first-order chi connectivity index (χ1) is 21.2. The number of piperidine rings is 1. The molecule has 254 valence electrons. The average Bonchev–Trinajstić information content (AvgIpc) is 3.04. The summed E-state index contributed by atoms with van der Waals surface area (Å²) in [4.78, 5) is 21.9. The maximum absolute atomic E-state index is 13.0. The molecule has 2 heterocycles. The third kappa shape index (κ3) is 33.3. The molecule has 2 saturated heterocycles. The van der Waals surface area contributed by atoms with Crippen LogP contribution in [0, 0.1) is 49.2 Å². The summed E-state index contributed by atoms with van der Waals surface area (Å²) in [7, 11) is 5.21. The van der Waals surface area contributed by atoms with Crippen LogP contribution in [0.3, 0.4) is 0 Å². The van der Waals surface area contributed by atoms with Crippen LogP contribution in [0.5, 0.6) is 0 Å². The predicted octanol–water partition coefficient (Wildman–Crippen LogP) is 4.09. The number of halogens is 2. The number of alkyl carbamates (subject to hydrolysis) is 1. The van der Waals surface area contributed by atoms with Crippen molar-refractivity contribution in [1.82, 2.24) is 20.9 Å². The molecule has 0 bridgehead atoms. The number of amides is 2. The van der Waals surface area contributed by atoms with Gasteiger partial charge in [0.2, 0.25) is 6.41 Å². The van der Waals surface area contributed by atoms with Crippen LogP contribution in [0.2, 0.25) is 0 Å². The number of likely N-dealkylation sites (N-methyl/N-ethyl adjacent to an activating group) is 1. The molecule has 0 saturated carbocycles. The topological polar surface area (TPSA) is 112 Å². The molecule has 2 aliphatic heterocycles. The summed E-state index contributed by atoms with van der Waals surface area (Å²) in [6.45, 7) is 12.1. The van der Waals surface area contributed by atoms with E-state index in [2.05, 4.69) is 65.3 Å². The number of hydrogen-bond donors (Lipinski definition) is 4. The standard InChI is InChI=1S/C13H17F2N.C6H12O.C4H10N2O.C4H9NO3.C2H6.2C2H2/c1-16-4-2-3-10(9-16)5-11-6-12(14)8-13(15)7-11;1-6-3-2-4-7-5-6;1-5-2-3-6-4-7;1-8-4(7)5-2-3-6;3*1-2/h6-8,10H,2-5,9H2,1H3;6H,2-5H2,1H3;4-5H,2-3H2,1H3,(H,6,7);6H,2-3H2,1H3,(H,5,7);1-2H3;2*1-2H/t10-;6-;;;;;/m01...../s1. The number of ether oxygens (including phenoxy) is 2. The van der Waals surface area contributed by atoms with Gasteiger partial charge < -0.3 is 35.4 Å². The van der Waals surface area contributed by atoms with Gasteiger partial charge in [-0.2, -0.15) is 0 Å². The molecule has 44 heavy (non-hydrogen) atoms. The second kappa shape index (κ2) is 37.8. The van der Waals surface area contributed by atoms with Crippen molar-refractivity contribution in [3.05, 3.63) is 35.4 Å². The third-order valence-electron chi connectivity index (χ3n) is 5.73. The zero-order chi connectivity index (χ0) is 34.6. The quantitative estimate of drug-likeness (QED) is 0.195. The predicted molar refractivity (Wildman–Crippen MR) is 176 cm³/mol. The maximum atomic E-state index is 13.0. The van der Waals surface area contributed by atoms with Crippen LogP contribution in [-0.4, -0.2) is 96.3 Å². The molecule has 4 N–H and O–H groups in total. The highest BCUT2D eigenvalue weighted by molar-refractivity contribution is 5.66. The number of carbonyl (C=O) groups is 2. The van der Waals surface area contributed by atoms with E-state index in [0.29, 0.717) is 18.9 Å². The number of terminal acetylenes is 2. The second-order valence-electron chi connectivity index (χ2n) is 9.39. The number of aliphatic hydroxyl groups excluding tert-OH is 1. The molecule has 2 aliphatic rings. The Hall–Kier alpha value is -3.22. The van der Waals surface area contributed by atoms with Crippen LogP contribution < -0.4 is 16.0 Å². The Morgan fingerprint density at radius 1 is 1.09 bits per heavy atom. The van der Waals surface area contributed by atoms with E-state index >= 15 is 0 Å². The summed E-state index contributed by atoms with van der Waals surface area (Å²) < 4.78 is 35.4. The molecule has 11 heteroatoms. The lowest BCUT2D eigenvalue weighted by atomic mass is 9.91. The van der Waals surface area contributed by atoms with E-state index < -0.39 is 17.7 Å². The summed E-state index contributed by atoms with van der Waals surface area (Å²) in [6.07, 6.45) is 21.9. The van der Waals surface area contributed by atoms with E-state index in [1.54, 1.807) is 0 Å². The number of nitrogens with one attached hydrogen (secondary N) is 3. The van der Waals surface area contributed by atoms with Gasteiger partial charge >= 0.3 is 6.09 Å². The molecular formula is C33H58F2N4O5. The zero-order valence-corrected chi connectivity index (χ0v) is 27.7. The highest BCUT2D eigenvalue weighted by Crippen LogP contribution is 2.21. The normalized spacial score (nSPS) is 16.4. The molecule has 2 atom stereocenters. The lowest BCUT2D eigenvalue weighted by molar-refractivity contribution is -0.109. The Morgan fingerprint density at radius 2 is 1.70 bits per heavy atom. The zero-order valence-electron chi connectivity index (χ0n) is 27.7. The smallest absolute Gasteiger partial charge is 0.406 e. The van der Waals surface area contributed by atoms with Gasteiger partial charge in [0.05, 0.1) is 13.7 Å². The van der Waals surface area contributed by atoms with Gasteiger partial charge in [-0.1, -0.05) is 20.8 Å². The van der Waals surface area contributed by atoms with Gasteiger partial charge in [-0.3, -0.25) is 4.79 Å². The number of methoxy groups -OCH3 is 1. The lowest BCUT2D eigenvalue weighted by Gasteiger charge is -2.29. The van der Waals surface area contributed by atoms with Crippen LogP contribution in [0.4, 0.5) is 13.6 Å². The summed E-state index contributed by atoms with van der Waals surface area (Å²) in [5.74, 6) is 0.395. The van der Waals surface area contributed by atoms with E-state index in [1.807, 2.05) is 20.9 Å². The van der Waals surface area contributed by atoms with E-state index in [9.17, 15) is 18.4 Å². The highest BCUT2D eigenvalue weighted by atomic mass is 19.1. The molecule has 2 amide bonds. The van der Waals surface area contributed by atoms with Crippen LogP contribution in [-0.2, 0) is 20.7 Å². The van der Waals surface area contributed by atoms with Crippen LogP contribution in [0.15, 0.2) is 18.2 Å². The maximum Gasteiger partial charge on any atom is 0.406 e. The van der Waals surface area contributed by atoms with Gasteiger partial charge in [0.25, 0.3) is 0 Å². The first kappa shape index (κ1) is 47.7. The van der Waals surface area contributed by atoms with Crippen molar-refractivity contribution in [3.8, 4) is 25.7 Å². The van der Waals surface area contributed by atoms with Gasteiger partial charge in [-0.25, -0.2) is 13.6 Å². The van der Waals surface area contributed by atoms with E-state index in [0.717, 1.165) is 63.2 Å². The van der Waals surface area contributed by atoms with Crippen LogP contribution in [0.25, 0.3) is 0 Å². The molecule has 0 spiro atoms. The van der Waals surface area contributed by atoms with Crippen LogP contribution >= 0.6 is 0 Å². The van der Waals surface area contributed by atoms with Gasteiger partial charge in [-0.15, -0.1) is 25.7 Å². The molecule has 0 radical (unpaired) electrons. The molecule has 3 rings (SSSR count). The Kier molecular flexibility index (Phi) is 41.0. The molecule has 0 unspecified atom stereocenters. The number of benzene rings is 1. The van der Waals surface area contributed by atoms with Gasteiger partial charge in [-0.05, 0) is 82.3 Å². The third-order valence-corrected chi connectivity index (χ3v) is 5.73. The van der Waals surface area contributed by atoms with Crippen molar-refractivity contribution in [2.45, 2.75) is 52.9 Å². The summed E-state index contributed by atoms with van der Waals surface area (Å²) in [5, 5.41) is 15.8. The molecule has 1 aromatic carbocycles. The molecular weight excluding hydrogens is 570 g/mol. The number of rotatable bonds is 8. The van der Waals surface area contributed by atoms with Gasteiger partial charge in [0, 0.05) is 45.5 Å². The SMILES string of the molecule is C#C.C#C.CC.CN1CCC[C@@H](Cc2cc(F)cc(F)c2)C1.CNCCNC=O.COC(=O)NCCO.C[C@@H]1CCCOC1. The van der Waals surface area contributed by atoms with Crippen LogP contribution in [0.1, 0.15) is 52.0 Å². The monoisotopic (exact) mass is 628 g/mol. The molecule has 0 aliphatic carbocycles. The number of likely N-dealkylation sites (tertiary alicyclic amines) is 1. The average molecular weight is 629 g/mol. The summed E-state index contributed by atoms with van der Waals surface area (Å²) >= 11 is 0. The Bertz CT molecular complexity index is 796. The van der Waals surface area contributed by atoms with Gasteiger partial charge in [0.15, 0.2) is 0 Å². The van der Waals surface area contributed by atoms with E-state index in [4.69, 9.17) is 9.84 Å².